The summed E-state index contributed by atoms with van der Waals surface area (Å²) >= 11 is 6.24. The standard InChI is InChI=1S/C8H7Br2NO2/c9-4-8(13)11-6-3-5(10)1-2-7(6)12/h1-3,12H,4H2,(H,11,13). The molecule has 1 aromatic carbocycles. The fourth-order valence-corrected chi connectivity index (χ4v) is 1.29. The van der Waals surface area contributed by atoms with E-state index < -0.39 is 0 Å². The first kappa shape index (κ1) is 10.5. The Balaban J connectivity index is 2.87. The summed E-state index contributed by atoms with van der Waals surface area (Å²) in [7, 11) is 0. The fourth-order valence-electron chi connectivity index (χ4n) is 0.792. The Morgan fingerprint density at radius 1 is 1.54 bits per heavy atom. The quantitative estimate of drug-likeness (QED) is 0.651. The molecule has 0 saturated heterocycles. The summed E-state index contributed by atoms with van der Waals surface area (Å²) in [6.45, 7) is 0. The van der Waals surface area contributed by atoms with Crippen molar-refractivity contribution in [3.8, 4) is 5.75 Å². The van der Waals surface area contributed by atoms with Crippen molar-refractivity contribution < 1.29 is 9.90 Å². The summed E-state index contributed by atoms with van der Waals surface area (Å²) in [5.41, 5.74) is 0.402. The lowest BCUT2D eigenvalue weighted by atomic mass is 10.3. The lowest BCUT2D eigenvalue weighted by Gasteiger charge is -2.05. The van der Waals surface area contributed by atoms with Gasteiger partial charge in [-0.15, -0.1) is 0 Å². The molecule has 5 heteroatoms. The normalized spacial score (nSPS) is 9.69. The number of carbonyl (C=O) groups is 1. The molecule has 0 fully saturated rings. The Hall–Kier alpha value is -0.550. The van der Waals surface area contributed by atoms with Crippen molar-refractivity contribution in [1.29, 1.82) is 0 Å². The van der Waals surface area contributed by atoms with Crippen LogP contribution in [0, 0.1) is 0 Å². The van der Waals surface area contributed by atoms with Crippen molar-refractivity contribution in [2.75, 3.05) is 10.6 Å². The number of phenols is 1. The zero-order valence-corrected chi connectivity index (χ0v) is 9.72. The highest BCUT2D eigenvalue weighted by Crippen LogP contribution is 2.26. The van der Waals surface area contributed by atoms with Gasteiger partial charge in [-0.05, 0) is 18.2 Å². The van der Waals surface area contributed by atoms with Gasteiger partial charge in [-0.1, -0.05) is 31.9 Å². The highest BCUT2D eigenvalue weighted by molar-refractivity contribution is 9.10. The van der Waals surface area contributed by atoms with E-state index in [0.29, 0.717) is 5.69 Å². The maximum absolute atomic E-state index is 11.0. The second-order valence-corrected chi connectivity index (χ2v) is 3.82. The predicted molar refractivity (Wildman–Crippen MR) is 58.2 cm³/mol. The van der Waals surface area contributed by atoms with Crippen LogP contribution in [0.4, 0.5) is 5.69 Å². The van der Waals surface area contributed by atoms with Gasteiger partial charge in [0.15, 0.2) is 0 Å². The van der Waals surface area contributed by atoms with Crippen LogP contribution in [0.25, 0.3) is 0 Å². The zero-order valence-electron chi connectivity index (χ0n) is 6.55. The van der Waals surface area contributed by atoms with Crippen molar-refractivity contribution in [1.82, 2.24) is 0 Å². The molecule has 2 N–H and O–H groups in total. The van der Waals surface area contributed by atoms with Crippen LogP contribution in [0.5, 0.6) is 5.75 Å². The van der Waals surface area contributed by atoms with E-state index in [1.165, 1.54) is 6.07 Å². The molecule has 0 aliphatic rings. The molecule has 0 aliphatic heterocycles. The van der Waals surface area contributed by atoms with Gasteiger partial charge in [0.05, 0.1) is 11.0 Å². The van der Waals surface area contributed by atoms with E-state index in [9.17, 15) is 9.90 Å². The molecule has 13 heavy (non-hydrogen) atoms. The van der Waals surface area contributed by atoms with E-state index in [2.05, 4.69) is 37.2 Å². The van der Waals surface area contributed by atoms with Gasteiger partial charge in [0.25, 0.3) is 0 Å². The lowest BCUT2D eigenvalue weighted by Crippen LogP contribution is -2.12. The summed E-state index contributed by atoms with van der Waals surface area (Å²) in [5, 5.41) is 12.1. The third-order valence-corrected chi connectivity index (χ3v) is 2.36. The molecule has 0 saturated carbocycles. The van der Waals surface area contributed by atoms with Gasteiger partial charge in [-0.3, -0.25) is 4.79 Å². The third-order valence-electron chi connectivity index (χ3n) is 1.35. The minimum atomic E-state index is -0.201. The number of phenolic OH excluding ortho intramolecular Hbond substituents is 1. The van der Waals surface area contributed by atoms with Crippen LogP contribution < -0.4 is 5.32 Å². The molecule has 0 radical (unpaired) electrons. The Morgan fingerprint density at radius 2 is 2.23 bits per heavy atom. The summed E-state index contributed by atoms with van der Waals surface area (Å²) in [6.07, 6.45) is 0. The molecular weight excluding hydrogens is 302 g/mol. The van der Waals surface area contributed by atoms with Crippen LogP contribution in [0.1, 0.15) is 0 Å². The van der Waals surface area contributed by atoms with Crippen LogP contribution in [0.3, 0.4) is 0 Å². The number of alkyl halides is 1. The number of hydrogen-bond acceptors (Lipinski definition) is 2. The molecule has 1 amide bonds. The van der Waals surface area contributed by atoms with E-state index in [1.807, 2.05) is 0 Å². The Kier molecular flexibility index (Phi) is 3.74. The molecule has 1 aromatic rings. The highest BCUT2D eigenvalue weighted by Gasteiger charge is 2.04. The number of rotatable bonds is 2. The molecule has 3 nitrogen and oxygen atoms in total. The number of aromatic hydroxyl groups is 1. The molecule has 70 valence electrons. The number of anilines is 1. The molecule has 0 unspecified atom stereocenters. The van der Waals surface area contributed by atoms with E-state index in [0.717, 1.165) is 4.47 Å². The van der Waals surface area contributed by atoms with Gasteiger partial charge >= 0.3 is 0 Å². The second-order valence-electron chi connectivity index (χ2n) is 2.34. The topological polar surface area (TPSA) is 49.3 Å². The van der Waals surface area contributed by atoms with Gasteiger partial charge in [0, 0.05) is 4.47 Å². The summed E-state index contributed by atoms with van der Waals surface area (Å²) in [5.74, 6) is -0.147. The number of halogens is 2. The van der Waals surface area contributed by atoms with Crippen molar-refractivity contribution >= 4 is 43.5 Å². The first-order valence-electron chi connectivity index (χ1n) is 3.48. The number of benzene rings is 1. The second kappa shape index (κ2) is 4.62. The van der Waals surface area contributed by atoms with E-state index in [1.54, 1.807) is 12.1 Å². The zero-order chi connectivity index (χ0) is 9.84. The SMILES string of the molecule is O=C(CBr)Nc1cc(Br)ccc1O. The summed E-state index contributed by atoms with van der Waals surface area (Å²) in [4.78, 5) is 11.0. The predicted octanol–water partition coefficient (Wildman–Crippen LogP) is 2.49. The minimum absolute atomic E-state index is 0.0532. The highest BCUT2D eigenvalue weighted by atomic mass is 79.9. The molecule has 0 spiro atoms. The monoisotopic (exact) mass is 307 g/mol. The average Bonchev–Trinajstić information content (AvgIpc) is 2.11. The number of nitrogens with one attached hydrogen (secondary N) is 1. The molecule has 0 bridgehead atoms. The van der Waals surface area contributed by atoms with Crippen LogP contribution in [-0.2, 0) is 4.79 Å². The van der Waals surface area contributed by atoms with Crippen molar-refractivity contribution in [2.24, 2.45) is 0 Å². The van der Waals surface area contributed by atoms with Gasteiger partial charge < -0.3 is 10.4 Å². The first-order chi connectivity index (χ1) is 6.13. The van der Waals surface area contributed by atoms with Gasteiger partial charge in [0.2, 0.25) is 5.91 Å². The Morgan fingerprint density at radius 3 is 2.85 bits per heavy atom. The third kappa shape index (κ3) is 3.00. The molecule has 0 aliphatic carbocycles. The maximum Gasteiger partial charge on any atom is 0.235 e. The first-order valence-corrected chi connectivity index (χ1v) is 5.39. The number of amides is 1. The van der Waals surface area contributed by atoms with E-state index >= 15 is 0 Å². The molecule has 1 rings (SSSR count). The largest absolute Gasteiger partial charge is 0.506 e. The van der Waals surface area contributed by atoms with Crippen LogP contribution in [-0.4, -0.2) is 16.3 Å². The van der Waals surface area contributed by atoms with E-state index in [-0.39, 0.29) is 17.0 Å². The van der Waals surface area contributed by atoms with Gasteiger partial charge in [-0.25, -0.2) is 0 Å². The molecule has 0 aromatic heterocycles. The van der Waals surface area contributed by atoms with Crippen LogP contribution in [0.2, 0.25) is 0 Å². The van der Waals surface area contributed by atoms with Gasteiger partial charge in [0.1, 0.15) is 5.75 Å². The number of carbonyl (C=O) groups excluding carboxylic acids is 1. The number of hydrogen-bond donors (Lipinski definition) is 2. The molecule has 0 atom stereocenters. The summed E-state index contributed by atoms with van der Waals surface area (Å²) in [6, 6.07) is 4.84. The fraction of sp³-hybridized carbons (Fsp3) is 0.125. The molecule has 0 heterocycles. The lowest BCUT2D eigenvalue weighted by molar-refractivity contribution is -0.113. The Labute approximate surface area is 92.4 Å². The van der Waals surface area contributed by atoms with Crippen molar-refractivity contribution in [3.05, 3.63) is 22.7 Å². The van der Waals surface area contributed by atoms with Crippen LogP contribution >= 0.6 is 31.9 Å². The van der Waals surface area contributed by atoms with Crippen molar-refractivity contribution in [2.45, 2.75) is 0 Å². The maximum atomic E-state index is 11.0. The van der Waals surface area contributed by atoms with Gasteiger partial charge in [-0.2, -0.15) is 0 Å². The Bertz CT molecular complexity index is 328. The minimum Gasteiger partial charge on any atom is -0.506 e. The van der Waals surface area contributed by atoms with Crippen LogP contribution in [0.15, 0.2) is 22.7 Å². The van der Waals surface area contributed by atoms with E-state index in [4.69, 9.17) is 0 Å². The average molecular weight is 309 g/mol. The van der Waals surface area contributed by atoms with Crippen molar-refractivity contribution in [3.63, 3.8) is 0 Å². The molecular formula is C8H7Br2NO2. The smallest absolute Gasteiger partial charge is 0.235 e. The summed E-state index contributed by atoms with van der Waals surface area (Å²) < 4.78 is 0.801.